The third kappa shape index (κ3) is 7.76. The topological polar surface area (TPSA) is 133 Å². The van der Waals surface area contributed by atoms with Crippen molar-refractivity contribution in [3.8, 4) is 5.75 Å². The van der Waals surface area contributed by atoms with Gasteiger partial charge in [-0.2, -0.15) is 43.2 Å². The van der Waals surface area contributed by atoms with Crippen LogP contribution in [0.25, 0.3) is 10.8 Å². The summed E-state index contributed by atoms with van der Waals surface area (Å²) in [5.74, 6) is -3.65. The lowest BCUT2D eigenvalue weighted by molar-refractivity contribution is -0.146. The number of nitrogens with zero attached hydrogens (tertiary/aromatic N) is 1. The van der Waals surface area contributed by atoms with Gasteiger partial charge in [-0.3, -0.25) is 9.59 Å². The molecule has 0 radical (unpaired) electrons. The number of alkyl halides is 6. The molecule has 0 fully saturated rings. The maximum Gasteiger partial charge on any atom is 0.534 e. The molecule has 1 aliphatic rings. The van der Waals surface area contributed by atoms with Crippen molar-refractivity contribution in [1.29, 1.82) is 0 Å². The van der Waals surface area contributed by atoms with Crippen LogP contribution < -0.4 is 9.08 Å². The molecular weight excluding hydrogens is 708 g/mol. The summed E-state index contributed by atoms with van der Waals surface area (Å²) >= 11 is 6.30. The summed E-state index contributed by atoms with van der Waals surface area (Å²) in [5, 5.41) is 0.0190. The first-order valence-electron chi connectivity index (χ1n) is 13.2. The Bertz CT molecular complexity index is 1940. The van der Waals surface area contributed by atoms with Gasteiger partial charge in [0.1, 0.15) is 12.2 Å². The van der Waals surface area contributed by atoms with Gasteiger partial charge < -0.3 is 18.0 Å². The maximum absolute atomic E-state index is 13.9. The molecule has 256 valence electrons. The Balaban J connectivity index is 1.91. The van der Waals surface area contributed by atoms with E-state index >= 15 is 0 Å². The van der Waals surface area contributed by atoms with Gasteiger partial charge in [-0.25, -0.2) is 0 Å². The van der Waals surface area contributed by atoms with Crippen molar-refractivity contribution < 1.29 is 65.9 Å². The van der Waals surface area contributed by atoms with Crippen molar-refractivity contribution in [2.45, 2.75) is 50.4 Å². The van der Waals surface area contributed by atoms with Crippen molar-refractivity contribution in [3.05, 3.63) is 70.7 Å². The van der Waals surface area contributed by atoms with Gasteiger partial charge >= 0.3 is 37.2 Å². The monoisotopic (exact) mass is 731 g/mol. The van der Waals surface area contributed by atoms with Crippen LogP contribution >= 0.6 is 11.6 Å². The van der Waals surface area contributed by atoms with Gasteiger partial charge in [-0.15, -0.1) is 0 Å². The standard InChI is InChI=1S/C28H24ClF6NO9S2/c1-26(2,3)14-36-20-10-8-15(29)12-19(20)24(43-22(25(36)38)13-23(37)45-47(41,42)28(33,34)35)18-9-11-21(17-7-5-4-6-16(17)18)44-46(39,40)27(30,31)32/h4-12,22,24H,13-14H2,1-3H3/t22-,24-/m1/s1. The highest BCUT2D eigenvalue weighted by Crippen LogP contribution is 2.44. The van der Waals surface area contributed by atoms with Gasteiger partial charge in [0.2, 0.25) is 0 Å². The highest BCUT2D eigenvalue weighted by molar-refractivity contribution is 7.88. The number of fused-ring (bicyclic) bond motifs is 2. The lowest BCUT2D eigenvalue weighted by Gasteiger charge is -2.31. The van der Waals surface area contributed by atoms with E-state index in [9.17, 15) is 52.8 Å². The van der Waals surface area contributed by atoms with E-state index in [-0.39, 0.29) is 39.2 Å². The molecule has 1 heterocycles. The number of amides is 1. The smallest absolute Gasteiger partial charge is 0.375 e. The van der Waals surface area contributed by atoms with E-state index in [4.69, 9.17) is 16.3 Å². The molecule has 19 heteroatoms. The molecule has 0 saturated carbocycles. The van der Waals surface area contributed by atoms with E-state index in [0.717, 1.165) is 12.1 Å². The molecule has 0 unspecified atom stereocenters. The van der Waals surface area contributed by atoms with E-state index < -0.39 is 72.9 Å². The molecule has 0 bridgehead atoms. The number of halogens is 7. The fourth-order valence-electron chi connectivity index (χ4n) is 4.70. The van der Waals surface area contributed by atoms with Crippen molar-refractivity contribution in [2.75, 3.05) is 11.4 Å². The molecule has 1 amide bonds. The van der Waals surface area contributed by atoms with Gasteiger partial charge in [0.25, 0.3) is 5.91 Å². The summed E-state index contributed by atoms with van der Waals surface area (Å²) in [6.45, 7) is 5.20. The zero-order valence-electron chi connectivity index (χ0n) is 24.3. The van der Waals surface area contributed by atoms with Crippen LogP contribution in [0, 0.1) is 5.41 Å². The summed E-state index contributed by atoms with van der Waals surface area (Å²) in [4.78, 5) is 27.6. The first kappa shape index (κ1) is 36.2. The molecule has 0 aromatic heterocycles. The molecule has 3 aromatic rings. The van der Waals surface area contributed by atoms with Gasteiger partial charge in [0.05, 0.1) is 6.42 Å². The SMILES string of the molecule is CC(C)(C)CN1C(=O)[C@@H](CC(=O)OS(=O)(=O)C(F)(F)F)O[C@H](c2ccc(OS(=O)(=O)C(F)(F)F)c3ccccc23)c2cc(Cl)ccc21. The molecule has 0 N–H and O–H groups in total. The molecule has 4 rings (SSSR count). The van der Waals surface area contributed by atoms with Crippen LogP contribution in [0.1, 0.15) is 44.4 Å². The van der Waals surface area contributed by atoms with Crippen molar-refractivity contribution in [2.24, 2.45) is 5.41 Å². The summed E-state index contributed by atoms with van der Waals surface area (Å²) in [5.41, 5.74) is -11.9. The molecule has 47 heavy (non-hydrogen) atoms. The zero-order valence-corrected chi connectivity index (χ0v) is 26.7. The second-order valence-corrected chi connectivity index (χ2v) is 14.9. The number of hydrogen-bond donors (Lipinski definition) is 0. The predicted molar refractivity (Wildman–Crippen MR) is 155 cm³/mol. The normalized spacial score (nSPS) is 18.1. The van der Waals surface area contributed by atoms with Crippen LogP contribution in [0.3, 0.4) is 0 Å². The molecular formula is C28H24ClF6NO9S2. The molecule has 3 aromatic carbocycles. The number of hydrogen-bond acceptors (Lipinski definition) is 9. The molecule has 0 aliphatic carbocycles. The third-order valence-corrected chi connectivity index (χ3v) is 8.73. The molecule has 0 spiro atoms. The van der Waals surface area contributed by atoms with E-state index in [1.165, 1.54) is 47.4 Å². The second-order valence-electron chi connectivity index (χ2n) is 11.4. The predicted octanol–water partition coefficient (Wildman–Crippen LogP) is 6.37. The van der Waals surface area contributed by atoms with Crippen LogP contribution in [0.2, 0.25) is 5.02 Å². The Morgan fingerprint density at radius 1 is 0.872 bits per heavy atom. The number of carbonyl (C=O) groups is 2. The van der Waals surface area contributed by atoms with E-state index in [1.807, 2.05) is 0 Å². The van der Waals surface area contributed by atoms with E-state index in [0.29, 0.717) is 0 Å². The molecule has 1 aliphatic heterocycles. The number of ether oxygens (including phenoxy) is 1. The third-order valence-electron chi connectivity index (χ3n) is 6.56. The quantitative estimate of drug-likeness (QED) is 0.154. The van der Waals surface area contributed by atoms with Gasteiger partial charge in [-0.05, 0) is 40.6 Å². The van der Waals surface area contributed by atoms with Crippen LogP contribution in [-0.4, -0.2) is 52.4 Å². The minimum Gasteiger partial charge on any atom is -0.375 e. The summed E-state index contributed by atoms with van der Waals surface area (Å²) in [6.07, 6.45) is -4.73. The number of anilines is 1. The van der Waals surface area contributed by atoms with Crippen LogP contribution in [0.4, 0.5) is 32.0 Å². The number of carbonyl (C=O) groups excluding carboxylic acids is 2. The highest BCUT2D eigenvalue weighted by Gasteiger charge is 2.51. The average Bonchev–Trinajstić information content (AvgIpc) is 3.01. The van der Waals surface area contributed by atoms with E-state index in [2.05, 4.69) is 8.37 Å². The van der Waals surface area contributed by atoms with Crippen molar-refractivity contribution in [1.82, 2.24) is 0 Å². The Labute approximate surface area is 269 Å². The Morgan fingerprint density at radius 2 is 1.47 bits per heavy atom. The Kier molecular flexibility index (Phi) is 9.59. The zero-order chi connectivity index (χ0) is 35.3. The summed E-state index contributed by atoms with van der Waals surface area (Å²) < 4.78 is 139. The Hall–Kier alpha value is -3.61. The van der Waals surface area contributed by atoms with Gasteiger partial charge in [0.15, 0.2) is 5.75 Å². The highest BCUT2D eigenvalue weighted by atomic mass is 35.5. The molecule has 2 atom stereocenters. The minimum absolute atomic E-state index is 0.0498. The molecule has 0 saturated heterocycles. The summed E-state index contributed by atoms with van der Waals surface area (Å²) in [6, 6.07) is 11.7. The maximum atomic E-state index is 13.9. The van der Waals surface area contributed by atoms with Crippen LogP contribution in [0.5, 0.6) is 5.75 Å². The lowest BCUT2D eigenvalue weighted by Crippen LogP contribution is -2.44. The van der Waals surface area contributed by atoms with Gasteiger partial charge in [0, 0.05) is 28.2 Å². The summed E-state index contributed by atoms with van der Waals surface area (Å²) in [7, 11) is -12.5. The largest absolute Gasteiger partial charge is 0.534 e. The Morgan fingerprint density at radius 3 is 2.04 bits per heavy atom. The van der Waals surface area contributed by atoms with Crippen molar-refractivity contribution >= 4 is 60.2 Å². The lowest BCUT2D eigenvalue weighted by atomic mass is 9.92. The van der Waals surface area contributed by atoms with Crippen LogP contribution in [-0.2, 0) is 38.7 Å². The van der Waals surface area contributed by atoms with Gasteiger partial charge in [-0.1, -0.05) is 62.7 Å². The fourth-order valence-corrected chi connectivity index (χ4v) is 5.76. The minimum atomic E-state index is -6.39. The first-order valence-corrected chi connectivity index (χ1v) is 16.4. The fraction of sp³-hybridized carbons (Fsp3) is 0.357. The second kappa shape index (κ2) is 12.4. The number of benzene rings is 3. The number of rotatable bonds is 7. The first-order chi connectivity index (χ1) is 21.4. The van der Waals surface area contributed by atoms with E-state index in [1.54, 1.807) is 20.8 Å². The average molecular weight is 732 g/mol. The molecule has 10 nitrogen and oxygen atoms in total. The van der Waals surface area contributed by atoms with Crippen LogP contribution in [0.15, 0.2) is 54.6 Å². The van der Waals surface area contributed by atoms with Crippen molar-refractivity contribution in [3.63, 3.8) is 0 Å².